The van der Waals surface area contributed by atoms with E-state index in [1.165, 1.54) is 0 Å². The SMILES string of the molecule is CCc1cc(C(O)Cc2csc(C)n2)n(C)n1. The number of rotatable bonds is 4. The van der Waals surface area contributed by atoms with Gasteiger partial charge in [0.2, 0.25) is 0 Å². The summed E-state index contributed by atoms with van der Waals surface area (Å²) in [7, 11) is 1.87. The summed E-state index contributed by atoms with van der Waals surface area (Å²) in [4.78, 5) is 4.36. The molecular formula is C12H17N3OS. The zero-order chi connectivity index (χ0) is 12.4. The van der Waals surface area contributed by atoms with E-state index in [0.717, 1.165) is 28.5 Å². The van der Waals surface area contributed by atoms with Crippen molar-refractivity contribution < 1.29 is 5.11 Å². The molecule has 0 fully saturated rings. The zero-order valence-corrected chi connectivity index (χ0v) is 11.2. The lowest BCUT2D eigenvalue weighted by Crippen LogP contribution is -2.08. The summed E-state index contributed by atoms with van der Waals surface area (Å²) in [6.07, 6.45) is 0.901. The van der Waals surface area contributed by atoms with Gasteiger partial charge in [0.15, 0.2) is 0 Å². The fourth-order valence-electron chi connectivity index (χ4n) is 1.83. The summed E-state index contributed by atoms with van der Waals surface area (Å²) in [5, 5.41) is 17.5. The van der Waals surface area contributed by atoms with E-state index in [1.54, 1.807) is 16.0 Å². The van der Waals surface area contributed by atoms with Crippen LogP contribution in [0.3, 0.4) is 0 Å². The third-order valence-corrected chi connectivity index (χ3v) is 3.56. The summed E-state index contributed by atoms with van der Waals surface area (Å²) >= 11 is 1.61. The molecule has 0 aliphatic carbocycles. The number of hydrogen-bond acceptors (Lipinski definition) is 4. The van der Waals surface area contributed by atoms with Gasteiger partial charge >= 0.3 is 0 Å². The van der Waals surface area contributed by atoms with Crippen LogP contribution in [0.5, 0.6) is 0 Å². The Morgan fingerprint density at radius 1 is 1.47 bits per heavy atom. The van der Waals surface area contributed by atoms with Crippen molar-refractivity contribution in [3.05, 3.63) is 33.5 Å². The maximum atomic E-state index is 10.2. The summed E-state index contributed by atoms with van der Waals surface area (Å²) in [6, 6.07) is 1.96. The van der Waals surface area contributed by atoms with Crippen LogP contribution < -0.4 is 0 Å². The first kappa shape index (κ1) is 12.3. The average Bonchev–Trinajstić information content (AvgIpc) is 2.85. The van der Waals surface area contributed by atoms with E-state index in [0.29, 0.717) is 6.42 Å². The number of aryl methyl sites for hydroxylation is 3. The molecule has 0 bridgehead atoms. The van der Waals surface area contributed by atoms with Gasteiger partial charge < -0.3 is 5.11 Å². The molecule has 2 aromatic heterocycles. The molecule has 2 aromatic rings. The minimum Gasteiger partial charge on any atom is -0.386 e. The van der Waals surface area contributed by atoms with Crippen LogP contribution in [0.25, 0.3) is 0 Å². The predicted octanol–water partition coefficient (Wildman–Crippen LogP) is 2.02. The smallest absolute Gasteiger partial charge is 0.101 e. The number of aliphatic hydroxyl groups excluding tert-OH is 1. The van der Waals surface area contributed by atoms with Crippen molar-refractivity contribution in [1.82, 2.24) is 14.8 Å². The van der Waals surface area contributed by atoms with Crippen molar-refractivity contribution in [2.24, 2.45) is 7.05 Å². The number of aromatic nitrogens is 3. The van der Waals surface area contributed by atoms with E-state index in [1.807, 2.05) is 25.4 Å². The Morgan fingerprint density at radius 2 is 2.24 bits per heavy atom. The fourth-order valence-corrected chi connectivity index (χ4v) is 2.46. The van der Waals surface area contributed by atoms with Crippen LogP contribution in [0.4, 0.5) is 0 Å². The highest BCUT2D eigenvalue weighted by Crippen LogP contribution is 2.20. The highest BCUT2D eigenvalue weighted by Gasteiger charge is 2.15. The molecule has 0 spiro atoms. The molecule has 92 valence electrons. The highest BCUT2D eigenvalue weighted by molar-refractivity contribution is 7.09. The van der Waals surface area contributed by atoms with Crippen molar-refractivity contribution >= 4 is 11.3 Å². The van der Waals surface area contributed by atoms with Crippen molar-refractivity contribution in [3.63, 3.8) is 0 Å². The van der Waals surface area contributed by atoms with Crippen LogP contribution in [-0.2, 0) is 19.9 Å². The second-order valence-corrected chi connectivity index (χ2v) is 5.18. The van der Waals surface area contributed by atoms with Crippen molar-refractivity contribution in [2.45, 2.75) is 32.8 Å². The lowest BCUT2D eigenvalue weighted by atomic mass is 10.1. The minimum atomic E-state index is -0.533. The first-order chi connectivity index (χ1) is 8.10. The number of hydrogen-bond donors (Lipinski definition) is 1. The monoisotopic (exact) mass is 251 g/mol. The minimum absolute atomic E-state index is 0.533. The highest BCUT2D eigenvalue weighted by atomic mass is 32.1. The number of thiazole rings is 1. The standard InChI is InChI=1S/C12H17N3OS/c1-4-9-5-11(15(3)14-9)12(16)6-10-7-17-8(2)13-10/h5,7,12,16H,4,6H2,1-3H3. The van der Waals surface area contributed by atoms with Gasteiger partial charge in [-0.15, -0.1) is 11.3 Å². The van der Waals surface area contributed by atoms with E-state index in [2.05, 4.69) is 17.0 Å². The normalized spacial score (nSPS) is 12.9. The molecular weight excluding hydrogens is 234 g/mol. The van der Waals surface area contributed by atoms with E-state index in [-0.39, 0.29) is 0 Å². The first-order valence-corrected chi connectivity index (χ1v) is 6.60. The molecule has 0 amide bonds. The molecule has 17 heavy (non-hydrogen) atoms. The average molecular weight is 251 g/mol. The van der Waals surface area contributed by atoms with E-state index < -0.39 is 6.10 Å². The summed E-state index contributed by atoms with van der Waals surface area (Å²) in [6.45, 7) is 4.03. The van der Waals surface area contributed by atoms with Crippen LogP contribution in [-0.4, -0.2) is 19.9 Å². The predicted molar refractivity (Wildman–Crippen MR) is 68.1 cm³/mol. The van der Waals surface area contributed by atoms with Crippen LogP contribution in [0.15, 0.2) is 11.4 Å². The van der Waals surface area contributed by atoms with Gasteiger partial charge in [0.1, 0.15) is 6.10 Å². The Balaban J connectivity index is 2.13. The van der Waals surface area contributed by atoms with Crippen molar-refractivity contribution in [3.8, 4) is 0 Å². The third kappa shape index (κ3) is 2.73. The van der Waals surface area contributed by atoms with Gasteiger partial charge in [-0.2, -0.15) is 5.10 Å². The van der Waals surface area contributed by atoms with Crippen LogP contribution >= 0.6 is 11.3 Å². The quantitative estimate of drug-likeness (QED) is 0.904. The van der Waals surface area contributed by atoms with Gasteiger partial charge in [0.05, 0.1) is 22.1 Å². The topological polar surface area (TPSA) is 50.9 Å². The second kappa shape index (κ2) is 4.98. The lowest BCUT2D eigenvalue weighted by molar-refractivity contribution is 0.167. The molecule has 0 radical (unpaired) electrons. The largest absolute Gasteiger partial charge is 0.386 e. The van der Waals surface area contributed by atoms with Gasteiger partial charge in [-0.3, -0.25) is 4.68 Å². The van der Waals surface area contributed by atoms with Crippen molar-refractivity contribution in [1.29, 1.82) is 0 Å². The maximum Gasteiger partial charge on any atom is 0.101 e. The number of nitrogens with zero attached hydrogens (tertiary/aromatic N) is 3. The van der Waals surface area contributed by atoms with Crippen LogP contribution in [0, 0.1) is 6.92 Å². The molecule has 0 saturated heterocycles. The molecule has 0 aliphatic rings. The Labute approximate surface area is 105 Å². The van der Waals surface area contributed by atoms with Gasteiger partial charge in [0.25, 0.3) is 0 Å². The third-order valence-electron chi connectivity index (χ3n) is 2.74. The molecule has 5 heteroatoms. The number of aliphatic hydroxyl groups is 1. The first-order valence-electron chi connectivity index (χ1n) is 5.72. The Kier molecular flexibility index (Phi) is 3.59. The summed E-state index contributed by atoms with van der Waals surface area (Å²) in [5.74, 6) is 0. The summed E-state index contributed by atoms with van der Waals surface area (Å²) < 4.78 is 1.75. The Hall–Kier alpha value is -1.20. The molecule has 1 unspecified atom stereocenters. The van der Waals surface area contributed by atoms with Gasteiger partial charge in [-0.1, -0.05) is 6.92 Å². The van der Waals surface area contributed by atoms with E-state index in [4.69, 9.17) is 0 Å². The maximum absolute atomic E-state index is 10.2. The molecule has 0 aromatic carbocycles. The van der Waals surface area contributed by atoms with Crippen LogP contribution in [0.2, 0.25) is 0 Å². The summed E-state index contributed by atoms with van der Waals surface area (Å²) in [5.41, 5.74) is 2.81. The van der Waals surface area contributed by atoms with E-state index >= 15 is 0 Å². The van der Waals surface area contributed by atoms with Gasteiger partial charge in [-0.25, -0.2) is 4.98 Å². The van der Waals surface area contributed by atoms with Crippen molar-refractivity contribution in [2.75, 3.05) is 0 Å². The molecule has 1 N–H and O–H groups in total. The zero-order valence-electron chi connectivity index (χ0n) is 10.3. The second-order valence-electron chi connectivity index (χ2n) is 4.12. The Bertz CT molecular complexity index is 504. The van der Waals surface area contributed by atoms with Gasteiger partial charge in [0, 0.05) is 18.8 Å². The fraction of sp³-hybridized carbons (Fsp3) is 0.500. The Morgan fingerprint density at radius 3 is 2.76 bits per heavy atom. The molecule has 0 saturated carbocycles. The molecule has 2 rings (SSSR count). The van der Waals surface area contributed by atoms with E-state index in [9.17, 15) is 5.11 Å². The van der Waals surface area contributed by atoms with Gasteiger partial charge in [-0.05, 0) is 19.4 Å². The molecule has 0 aliphatic heterocycles. The van der Waals surface area contributed by atoms with Crippen LogP contribution in [0.1, 0.15) is 35.1 Å². The molecule has 1 atom stereocenters. The molecule has 2 heterocycles. The molecule has 4 nitrogen and oxygen atoms in total. The lowest BCUT2D eigenvalue weighted by Gasteiger charge is -2.08.